The normalized spacial score (nSPS) is 14.9. The lowest BCUT2D eigenvalue weighted by Crippen LogP contribution is -2.35. The topological polar surface area (TPSA) is 23.5 Å². The highest BCUT2D eigenvalue weighted by atomic mass is 19.1. The molecule has 1 rings (SSSR count). The minimum absolute atomic E-state index is 0.00231. The first-order valence-electron chi connectivity index (χ1n) is 7.13. The molecule has 1 N–H and O–H groups in total. The lowest BCUT2D eigenvalue weighted by Gasteiger charge is -2.30. The second kappa shape index (κ2) is 7.61. The summed E-state index contributed by atoms with van der Waals surface area (Å²) in [6.07, 6.45) is 1.43. The van der Waals surface area contributed by atoms with Gasteiger partial charge in [0.05, 0.1) is 6.10 Å². The number of aliphatic hydroxyl groups is 1. The van der Waals surface area contributed by atoms with E-state index in [4.69, 9.17) is 0 Å². The Kier molecular flexibility index (Phi) is 6.46. The maximum atomic E-state index is 13.7. The molecule has 2 unspecified atom stereocenters. The van der Waals surface area contributed by atoms with Gasteiger partial charge in [-0.3, -0.25) is 0 Å². The summed E-state index contributed by atoms with van der Waals surface area (Å²) < 4.78 is 13.7. The van der Waals surface area contributed by atoms with Gasteiger partial charge in [0.2, 0.25) is 0 Å². The van der Waals surface area contributed by atoms with Crippen LogP contribution in [0.5, 0.6) is 0 Å². The van der Waals surface area contributed by atoms with Crippen molar-refractivity contribution in [3.63, 3.8) is 0 Å². The van der Waals surface area contributed by atoms with Crippen LogP contribution in [0.4, 0.5) is 4.39 Å². The van der Waals surface area contributed by atoms with Crippen molar-refractivity contribution in [2.45, 2.75) is 45.8 Å². The fourth-order valence-corrected chi connectivity index (χ4v) is 2.64. The van der Waals surface area contributed by atoms with Crippen molar-refractivity contribution in [2.75, 3.05) is 13.6 Å². The van der Waals surface area contributed by atoms with Crippen molar-refractivity contribution < 1.29 is 9.50 Å². The Balaban J connectivity index is 2.67. The molecule has 0 aliphatic heterocycles. The van der Waals surface area contributed by atoms with Gasteiger partial charge in [-0.1, -0.05) is 39.0 Å². The number of aliphatic hydroxyl groups excluding tert-OH is 1. The van der Waals surface area contributed by atoms with Crippen LogP contribution in [0.2, 0.25) is 0 Å². The van der Waals surface area contributed by atoms with Crippen molar-refractivity contribution in [1.29, 1.82) is 0 Å². The Morgan fingerprint density at radius 1 is 1.21 bits per heavy atom. The van der Waals surface area contributed by atoms with Crippen LogP contribution in [0.3, 0.4) is 0 Å². The third kappa shape index (κ3) is 4.29. The molecule has 1 aromatic rings. The summed E-state index contributed by atoms with van der Waals surface area (Å²) in [7, 11) is 2.07. The molecule has 0 bridgehead atoms. The van der Waals surface area contributed by atoms with Crippen molar-refractivity contribution in [3.05, 3.63) is 35.6 Å². The Bertz CT molecular complexity index is 379. The molecule has 0 aliphatic rings. The van der Waals surface area contributed by atoms with Gasteiger partial charge in [-0.05, 0) is 31.9 Å². The fraction of sp³-hybridized carbons (Fsp3) is 0.625. The third-order valence-electron chi connectivity index (χ3n) is 3.90. The molecule has 0 saturated carbocycles. The second-order valence-electron chi connectivity index (χ2n) is 5.35. The Hall–Kier alpha value is -0.930. The predicted octanol–water partition coefficient (Wildman–Crippen LogP) is 3.62. The summed E-state index contributed by atoms with van der Waals surface area (Å²) in [6, 6.07) is 6.99. The van der Waals surface area contributed by atoms with E-state index in [1.54, 1.807) is 18.2 Å². The highest BCUT2D eigenvalue weighted by Crippen LogP contribution is 2.25. The molecule has 3 heteroatoms. The number of hydrogen-bond donors (Lipinski definition) is 1. The molecule has 2 atom stereocenters. The molecule has 0 saturated heterocycles. The minimum Gasteiger partial charge on any atom is -0.388 e. The van der Waals surface area contributed by atoms with Gasteiger partial charge in [0.15, 0.2) is 0 Å². The molecular formula is C16H26FNO. The molecule has 19 heavy (non-hydrogen) atoms. The van der Waals surface area contributed by atoms with Crippen molar-refractivity contribution in [3.8, 4) is 0 Å². The SMILES string of the molecule is CCC(CC)N(C)CC(C)C(O)c1ccccc1F. The summed E-state index contributed by atoms with van der Waals surface area (Å²) in [4.78, 5) is 2.26. The van der Waals surface area contributed by atoms with Crippen LogP contribution in [-0.4, -0.2) is 29.6 Å². The lowest BCUT2D eigenvalue weighted by atomic mass is 9.95. The number of benzene rings is 1. The Morgan fingerprint density at radius 3 is 2.32 bits per heavy atom. The zero-order chi connectivity index (χ0) is 14.4. The van der Waals surface area contributed by atoms with E-state index >= 15 is 0 Å². The smallest absolute Gasteiger partial charge is 0.129 e. The molecule has 0 fully saturated rings. The average molecular weight is 267 g/mol. The van der Waals surface area contributed by atoms with Crippen molar-refractivity contribution >= 4 is 0 Å². The predicted molar refractivity (Wildman–Crippen MR) is 77.5 cm³/mol. The van der Waals surface area contributed by atoms with Crippen molar-refractivity contribution in [2.24, 2.45) is 5.92 Å². The van der Waals surface area contributed by atoms with E-state index in [0.717, 1.165) is 19.4 Å². The Labute approximate surface area is 116 Å². The highest BCUT2D eigenvalue weighted by Gasteiger charge is 2.22. The number of nitrogens with zero attached hydrogens (tertiary/aromatic N) is 1. The zero-order valence-electron chi connectivity index (χ0n) is 12.4. The second-order valence-corrected chi connectivity index (χ2v) is 5.35. The minimum atomic E-state index is -0.752. The first-order valence-corrected chi connectivity index (χ1v) is 7.13. The fourth-order valence-electron chi connectivity index (χ4n) is 2.64. The zero-order valence-corrected chi connectivity index (χ0v) is 12.4. The van der Waals surface area contributed by atoms with Gasteiger partial charge in [0.1, 0.15) is 5.82 Å². The molecular weight excluding hydrogens is 241 g/mol. The van der Waals surface area contributed by atoms with Gasteiger partial charge in [-0.15, -0.1) is 0 Å². The number of rotatable bonds is 7. The van der Waals surface area contributed by atoms with E-state index in [1.807, 2.05) is 6.92 Å². The van der Waals surface area contributed by atoms with Gasteiger partial charge in [-0.2, -0.15) is 0 Å². The van der Waals surface area contributed by atoms with E-state index in [0.29, 0.717) is 11.6 Å². The number of halogens is 1. The summed E-state index contributed by atoms with van der Waals surface area (Å²) in [5, 5.41) is 10.3. The summed E-state index contributed by atoms with van der Waals surface area (Å²) in [5.41, 5.74) is 0.396. The molecule has 0 heterocycles. The molecule has 0 aliphatic carbocycles. The third-order valence-corrected chi connectivity index (χ3v) is 3.90. The van der Waals surface area contributed by atoms with Crippen LogP contribution in [0.1, 0.15) is 45.3 Å². The maximum Gasteiger partial charge on any atom is 0.129 e. The molecule has 0 amide bonds. The molecule has 0 spiro atoms. The van der Waals surface area contributed by atoms with E-state index < -0.39 is 6.10 Å². The van der Waals surface area contributed by atoms with Crippen molar-refractivity contribution in [1.82, 2.24) is 4.90 Å². The van der Waals surface area contributed by atoms with Gasteiger partial charge in [0.25, 0.3) is 0 Å². The average Bonchev–Trinajstić information content (AvgIpc) is 2.39. The Morgan fingerprint density at radius 2 is 1.79 bits per heavy atom. The monoisotopic (exact) mass is 267 g/mol. The van der Waals surface area contributed by atoms with Crippen LogP contribution in [-0.2, 0) is 0 Å². The van der Waals surface area contributed by atoms with Gasteiger partial charge in [0, 0.05) is 18.2 Å². The van der Waals surface area contributed by atoms with Crippen LogP contribution < -0.4 is 0 Å². The van der Waals surface area contributed by atoms with Gasteiger partial charge < -0.3 is 10.0 Å². The molecule has 1 aromatic carbocycles. The standard InChI is InChI=1S/C16H26FNO/c1-5-13(6-2)18(4)11-12(3)16(19)14-9-7-8-10-15(14)17/h7-10,12-13,16,19H,5-6,11H2,1-4H3. The largest absolute Gasteiger partial charge is 0.388 e. The number of hydrogen-bond acceptors (Lipinski definition) is 2. The van der Waals surface area contributed by atoms with E-state index in [9.17, 15) is 9.50 Å². The first kappa shape index (κ1) is 16.1. The quantitative estimate of drug-likeness (QED) is 0.815. The van der Waals surface area contributed by atoms with Crippen LogP contribution in [0.15, 0.2) is 24.3 Å². The van der Waals surface area contributed by atoms with E-state index in [-0.39, 0.29) is 11.7 Å². The van der Waals surface area contributed by atoms with Crippen LogP contribution in [0, 0.1) is 11.7 Å². The highest BCUT2D eigenvalue weighted by molar-refractivity contribution is 5.20. The van der Waals surface area contributed by atoms with E-state index in [2.05, 4.69) is 25.8 Å². The first-order chi connectivity index (χ1) is 9.01. The van der Waals surface area contributed by atoms with Crippen LogP contribution >= 0.6 is 0 Å². The summed E-state index contributed by atoms with van der Waals surface area (Å²) >= 11 is 0. The molecule has 108 valence electrons. The molecule has 0 radical (unpaired) electrons. The maximum absolute atomic E-state index is 13.7. The lowest BCUT2D eigenvalue weighted by molar-refractivity contribution is 0.0792. The molecule has 2 nitrogen and oxygen atoms in total. The molecule has 0 aromatic heterocycles. The summed E-state index contributed by atoms with van der Waals surface area (Å²) in [6.45, 7) is 7.07. The summed E-state index contributed by atoms with van der Waals surface area (Å²) in [5.74, 6) is -0.325. The van der Waals surface area contributed by atoms with Gasteiger partial charge in [-0.25, -0.2) is 4.39 Å². The van der Waals surface area contributed by atoms with Crippen LogP contribution in [0.25, 0.3) is 0 Å². The van der Waals surface area contributed by atoms with Gasteiger partial charge >= 0.3 is 0 Å². The van der Waals surface area contributed by atoms with E-state index in [1.165, 1.54) is 6.07 Å².